The van der Waals surface area contributed by atoms with Gasteiger partial charge in [0.05, 0.1) is 6.42 Å². The van der Waals surface area contributed by atoms with Crippen LogP contribution in [0, 0.1) is 0 Å². The Morgan fingerprint density at radius 3 is 2.50 bits per heavy atom. The van der Waals surface area contributed by atoms with E-state index in [4.69, 9.17) is 0 Å². The van der Waals surface area contributed by atoms with Crippen LogP contribution < -0.4 is 0 Å². The number of amides is 2. The standard InChI is InChI=1S/C6H8N2O2/c1-4-3-6(10)8(7-4)5(2)9/h3H2,1-2H3. The van der Waals surface area contributed by atoms with Crippen molar-refractivity contribution in [3.63, 3.8) is 0 Å². The molecule has 4 heteroatoms. The van der Waals surface area contributed by atoms with Crippen molar-refractivity contribution in [3.05, 3.63) is 0 Å². The van der Waals surface area contributed by atoms with Crippen LogP contribution in [0.5, 0.6) is 0 Å². The van der Waals surface area contributed by atoms with Crippen molar-refractivity contribution in [1.29, 1.82) is 0 Å². The first-order chi connectivity index (χ1) is 4.61. The molecule has 1 heterocycles. The predicted octanol–water partition coefficient (Wildman–Crippen LogP) is 0.141. The highest BCUT2D eigenvalue weighted by Gasteiger charge is 2.23. The van der Waals surface area contributed by atoms with Crippen molar-refractivity contribution in [2.24, 2.45) is 5.10 Å². The number of hydrogen-bond acceptors (Lipinski definition) is 3. The molecule has 0 saturated heterocycles. The lowest BCUT2D eigenvalue weighted by Gasteiger charge is -2.03. The zero-order valence-electron chi connectivity index (χ0n) is 5.92. The van der Waals surface area contributed by atoms with E-state index in [9.17, 15) is 9.59 Å². The molecular weight excluding hydrogens is 132 g/mol. The van der Waals surface area contributed by atoms with Gasteiger partial charge in [-0.3, -0.25) is 9.59 Å². The summed E-state index contributed by atoms with van der Waals surface area (Å²) < 4.78 is 0. The van der Waals surface area contributed by atoms with Gasteiger partial charge in [-0.15, -0.1) is 0 Å². The van der Waals surface area contributed by atoms with Crippen LogP contribution in [0.1, 0.15) is 20.3 Å². The van der Waals surface area contributed by atoms with Crippen LogP contribution in [0.3, 0.4) is 0 Å². The van der Waals surface area contributed by atoms with Crippen molar-refractivity contribution in [3.8, 4) is 0 Å². The van der Waals surface area contributed by atoms with Gasteiger partial charge in [0.15, 0.2) is 0 Å². The van der Waals surface area contributed by atoms with Gasteiger partial charge in [-0.2, -0.15) is 10.1 Å². The number of carbonyl (C=O) groups excluding carboxylic acids is 2. The highest BCUT2D eigenvalue weighted by molar-refractivity contribution is 6.09. The Balaban J connectivity index is 2.79. The smallest absolute Gasteiger partial charge is 0.255 e. The van der Waals surface area contributed by atoms with E-state index in [0.29, 0.717) is 5.71 Å². The number of carbonyl (C=O) groups is 2. The van der Waals surface area contributed by atoms with Crippen LogP contribution in [0.2, 0.25) is 0 Å². The molecule has 0 aromatic heterocycles. The van der Waals surface area contributed by atoms with E-state index in [1.807, 2.05) is 0 Å². The summed E-state index contributed by atoms with van der Waals surface area (Å²) in [4.78, 5) is 21.4. The molecule has 1 aliphatic rings. The maximum Gasteiger partial charge on any atom is 0.255 e. The SMILES string of the molecule is CC(=O)N1N=C(C)CC1=O. The van der Waals surface area contributed by atoms with Crippen molar-refractivity contribution in [2.45, 2.75) is 20.3 Å². The minimum absolute atomic E-state index is 0.231. The van der Waals surface area contributed by atoms with Gasteiger partial charge < -0.3 is 0 Å². The first-order valence-corrected chi connectivity index (χ1v) is 2.99. The monoisotopic (exact) mass is 140 g/mol. The Hall–Kier alpha value is -1.19. The van der Waals surface area contributed by atoms with Crippen molar-refractivity contribution >= 4 is 17.5 Å². The minimum atomic E-state index is -0.318. The Morgan fingerprint density at radius 1 is 1.70 bits per heavy atom. The molecule has 0 aromatic rings. The number of rotatable bonds is 0. The molecular formula is C6H8N2O2. The first kappa shape index (κ1) is 6.92. The molecule has 0 radical (unpaired) electrons. The molecule has 10 heavy (non-hydrogen) atoms. The molecule has 4 nitrogen and oxygen atoms in total. The van der Waals surface area contributed by atoms with E-state index in [1.54, 1.807) is 6.92 Å². The van der Waals surface area contributed by atoms with Crippen LogP contribution in [0.4, 0.5) is 0 Å². The van der Waals surface area contributed by atoms with Gasteiger partial charge >= 0.3 is 0 Å². The second kappa shape index (κ2) is 2.21. The molecule has 0 aromatic carbocycles. The van der Waals surface area contributed by atoms with Crippen LogP contribution in [-0.2, 0) is 9.59 Å². The lowest BCUT2D eigenvalue weighted by molar-refractivity contribution is -0.141. The Bertz CT molecular complexity index is 220. The zero-order valence-corrected chi connectivity index (χ0v) is 5.92. The Morgan fingerprint density at radius 2 is 2.30 bits per heavy atom. The lowest BCUT2D eigenvalue weighted by atomic mass is 10.3. The summed E-state index contributed by atoms with van der Waals surface area (Å²) in [5, 5.41) is 4.62. The number of imide groups is 1. The van der Waals surface area contributed by atoms with E-state index >= 15 is 0 Å². The van der Waals surface area contributed by atoms with E-state index in [0.717, 1.165) is 5.01 Å². The van der Waals surface area contributed by atoms with Gasteiger partial charge in [0.1, 0.15) is 0 Å². The second-order valence-electron chi connectivity index (χ2n) is 2.24. The van der Waals surface area contributed by atoms with E-state index in [2.05, 4.69) is 5.10 Å². The van der Waals surface area contributed by atoms with Crippen LogP contribution >= 0.6 is 0 Å². The fourth-order valence-corrected chi connectivity index (χ4v) is 0.802. The van der Waals surface area contributed by atoms with Crippen LogP contribution in [0.25, 0.3) is 0 Å². The second-order valence-corrected chi connectivity index (χ2v) is 2.24. The summed E-state index contributed by atoms with van der Waals surface area (Å²) >= 11 is 0. The van der Waals surface area contributed by atoms with Gasteiger partial charge in [-0.05, 0) is 6.92 Å². The summed E-state index contributed by atoms with van der Waals surface area (Å²) in [6.07, 6.45) is 0.277. The van der Waals surface area contributed by atoms with E-state index in [-0.39, 0.29) is 18.2 Å². The number of hydrazone groups is 1. The van der Waals surface area contributed by atoms with Crippen molar-refractivity contribution in [1.82, 2.24) is 5.01 Å². The maximum absolute atomic E-state index is 10.8. The summed E-state index contributed by atoms with van der Waals surface area (Å²) in [7, 11) is 0. The minimum Gasteiger partial charge on any atom is -0.273 e. The van der Waals surface area contributed by atoms with E-state index in [1.165, 1.54) is 6.92 Å². The average Bonchev–Trinajstić information content (AvgIpc) is 2.10. The van der Waals surface area contributed by atoms with Crippen molar-refractivity contribution in [2.75, 3.05) is 0 Å². The average molecular weight is 140 g/mol. The maximum atomic E-state index is 10.8. The molecule has 0 N–H and O–H groups in total. The summed E-state index contributed by atoms with van der Waals surface area (Å²) in [6, 6.07) is 0. The summed E-state index contributed by atoms with van der Waals surface area (Å²) in [6.45, 7) is 3.04. The molecule has 1 aliphatic heterocycles. The van der Waals surface area contributed by atoms with Crippen LogP contribution in [-0.4, -0.2) is 22.5 Å². The molecule has 1 rings (SSSR count). The molecule has 0 atom stereocenters. The Kier molecular flexibility index (Phi) is 1.53. The van der Waals surface area contributed by atoms with Gasteiger partial charge in [0, 0.05) is 12.6 Å². The van der Waals surface area contributed by atoms with E-state index < -0.39 is 0 Å². The van der Waals surface area contributed by atoms with Gasteiger partial charge in [-0.1, -0.05) is 0 Å². The van der Waals surface area contributed by atoms with Gasteiger partial charge in [-0.25, -0.2) is 0 Å². The molecule has 0 spiro atoms. The fourth-order valence-electron chi connectivity index (χ4n) is 0.802. The summed E-state index contributed by atoms with van der Waals surface area (Å²) in [5.41, 5.74) is 0.695. The largest absolute Gasteiger partial charge is 0.273 e. The predicted molar refractivity (Wildman–Crippen MR) is 35.3 cm³/mol. The molecule has 0 aliphatic carbocycles. The van der Waals surface area contributed by atoms with Crippen LogP contribution in [0.15, 0.2) is 5.10 Å². The Labute approximate surface area is 58.5 Å². The lowest BCUT2D eigenvalue weighted by Crippen LogP contribution is -2.25. The molecule has 0 unspecified atom stereocenters. The number of hydrogen-bond donors (Lipinski definition) is 0. The first-order valence-electron chi connectivity index (χ1n) is 2.99. The quantitative estimate of drug-likeness (QED) is 0.480. The summed E-state index contributed by atoms with van der Waals surface area (Å²) in [5.74, 6) is -0.549. The normalized spacial score (nSPS) is 17.6. The molecule has 0 saturated carbocycles. The molecule has 0 bridgehead atoms. The topological polar surface area (TPSA) is 49.7 Å². The zero-order chi connectivity index (χ0) is 7.72. The fraction of sp³-hybridized carbons (Fsp3) is 0.500. The highest BCUT2D eigenvalue weighted by Crippen LogP contribution is 2.06. The third-order valence-corrected chi connectivity index (χ3v) is 1.21. The number of nitrogens with zero attached hydrogens (tertiary/aromatic N) is 2. The molecule has 0 fully saturated rings. The van der Waals surface area contributed by atoms with Gasteiger partial charge in [0.2, 0.25) is 5.91 Å². The molecule has 2 amide bonds. The van der Waals surface area contributed by atoms with Crippen molar-refractivity contribution < 1.29 is 9.59 Å². The third kappa shape index (κ3) is 1.05. The third-order valence-electron chi connectivity index (χ3n) is 1.21. The highest BCUT2D eigenvalue weighted by atomic mass is 16.2. The molecule has 54 valence electrons. The van der Waals surface area contributed by atoms with Gasteiger partial charge in [0.25, 0.3) is 5.91 Å².